The van der Waals surface area contributed by atoms with Crippen LogP contribution in [0.2, 0.25) is 10.0 Å². The van der Waals surface area contributed by atoms with E-state index in [2.05, 4.69) is 20.5 Å². The highest BCUT2D eigenvalue weighted by atomic mass is 79.9. The van der Waals surface area contributed by atoms with Crippen molar-refractivity contribution < 1.29 is 9.59 Å². The molecule has 0 spiro atoms. The number of imide groups is 1. The number of aromatic nitrogens is 1. The number of carbonyl (C=O) groups is 2. The number of halogens is 3. The largest absolute Gasteiger partial charge is 0.342 e. The van der Waals surface area contributed by atoms with E-state index >= 15 is 0 Å². The van der Waals surface area contributed by atoms with Crippen LogP contribution in [0.3, 0.4) is 0 Å². The monoisotopic (exact) mass is 570 g/mol. The lowest BCUT2D eigenvalue weighted by Gasteiger charge is -2.12. The number of hydrogen-bond donors (Lipinski definition) is 0. The molecular formula is C26H17BrCl2N2O2S. The molecule has 0 saturated carbocycles. The highest BCUT2D eigenvalue weighted by Gasteiger charge is 2.35. The third-order valence-electron chi connectivity index (χ3n) is 5.62. The third-order valence-corrected chi connectivity index (χ3v) is 7.77. The third kappa shape index (κ3) is 4.56. The molecule has 0 radical (unpaired) electrons. The van der Waals surface area contributed by atoms with Crippen LogP contribution < -0.4 is 0 Å². The standard InChI is InChI=1S/C26H17BrCl2N2O2S/c27-18-10-8-16(9-11-18)13-31-25(32)24(34-26(31)33)12-17-14-30(23-7-2-1-4-19(17)23)15-20-21(28)5-3-6-22(20)29/h1-12,14H,13,15H2/b24-12-. The molecule has 4 nitrogen and oxygen atoms in total. The first-order valence-corrected chi connectivity index (χ1v) is 12.8. The molecule has 2 amide bonds. The molecule has 0 unspecified atom stereocenters. The summed E-state index contributed by atoms with van der Waals surface area (Å²) in [5.41, 5.74) is 3.56. The lowest BCUT2D eigenvalue weighted by Crippen LogP contribution is -2.27. The van der Waals surface area contributed by atoms with Crippen molar-refractivity contribution in [1.29, 1.82) is 0 Å². The minimum absolute atomic E-state index is 0.238. The first kappa shape index (κ1) is 23.2. The van der Waals surface area contributed by atoms with E-state index in [1.807, 2.05) is 72.9 Å². The summed E-state index contributed by atoms with van der Waals surface area (Å²) in [6.07, 6.45) is 3.76. The first-order valence-electron chi connectivity index (χ1n) is 10.4. The Bertz CT molecular complexity index is 1440. The van der Waals surface area contributed by atoms with E-state index in [0.717, 1.165) is 43.8 Å². The lowest BCUT2D eigenvalue weighted by molar-refractivity contribution is -0.123. The molecule has 170 valence electrons. The Kier molecular flexibility index (Phi) is 6.58. The number of benzene rings is 3. The van der Waals surface area contributed by atoms with Crippen LogP contribution in [0.1, 0.15) is 16.7 Å². The molecule has 8 heteroatoms. The van der Waals surface area contributed by atoms with Crippen molar-refractivity contribution in [2.24, 2.45) is 0 Å². The number of para-hydroxylation sites is 1. The summed E-state index contributed by atoms with van der Waals surface area (Å²) >= 11 is 17.2. The number of thioether (sulfide) groups is 1. The zero-order valence-corrected chi connectivity index (χ0v) is 21.6. The minimum Gasteiger partial charge on any atom is -0.342 e. The van der Waals surface area contributed by atoms with E-state index in [4.69, 9.17) is 23.2 Å². The van der Waals surface area contributed by atoms with Gasteiger partial charge >= 0.3 is 0 Å². The predicted octanol–water partition coefficient (Wildman–Crippen LogP) is 8.00. The average molecular weight is 572 g/mol. The molecule has 1 aliphatic heterocycles. The second kappa shape index (κ2) is 9.62. The molecule has 1 aliphatic rings. The Balaban J connectivity index is 1.48. The number of rotatable bonds is 5. The molecule has 34 heavy (non-hydrogen) atoms. The lowest BCUT2D eigenvalue weighted by atomic mass is 10.1. The van der Waals surface area contributed by atoms with E-state index in [9.17, 15) is 9.59 Å². The first-order chi connectivity index (χ1) is 16.4. The van der Waals surface area contributed by atoms with Crippen molar-refractivity contribution in [2.75, 3.05) is 0 Å². The molecule has 1 aromatic heterocycles. The Labute approximate surface area is 219 Å². The summed E-state index contributed by atoms with van der Waals surface area (Å²) in [6.45, 7) is 0.722. The van der Waals surface area contributed by atoms with Crippen LogP contribution in [0.4, 0.5) is 4.79 Å². The van der Waals surface area contributed by atoms with Gasteiger partial charge in [0.1, 0.15) is 0 Å². The van der Waals surface area contributed by atoms with Crippen LogP contribution in [0.5, 0.6) is 0 Å². The molecule has 2 heterocycles. The van der Waals surface area contributed by atoms with Crippen molar-refractivity contribution in [3.8, 4) is 0 Å². The number of hydrogen-bond acceptors (Lipinski definition) is 3. The summed E-state index contributed by atoms with van der Waals surface area (Å²) in [5.74, 6) is -0.288. The fraction of sp³-hybridized carbons (Fsp3) is 0.0769. The van der Waals surface area contributed by atoms with Crippen LogP contribution >= 0.6 is 50.9 Å². The molecule has 0 atom stereocenters. The summed E-state index contributed by atoms with van der Waals surface area (Å²) in [5, 5.41) is 1.90. The molecule has 4 aromatic rings. The zero-order valence-electron chi connectivity index (χ0n) is 17.7. The maximum absolute atomic E-state index is 13.1. The van der Waals surface area contributed by atoms with Crippen LogP contribution in [0, 0.1) is 0 Å². The average Bonchev–Trinajstić information content (AvgIpc) is 3.30. The summed E-state index contributed by atoms with van der Waals surface area (Å²) in [6, 6.07) is 20.9. The molecule has 1 saturated heterocycles. The number of nitrogens with zero attached hydrogens (tertiary/aromatic N) is 2. The fourth-order valence-corrected chi connectivity index (χ4v) is 5.54. The Morgan fingerprint density at radius 3 is 2.32 bits per heavy atom. The van der Waals surface area contributed by atoms with E-state index in [-0.39, 0.29) is 17.7 Å². The number of carbonyl (C=O) groups excluding carboxylic acids is 2. The zero-order chi connectivity index (χ0) is 23.8. The molecule has 3 aromatic carbocycles. The van der Waals surface area contributed by atoms with Gasteiger partial charge in [0.15, 0.2) is 0 Å². The summed E-state index contributed by atoms with van der Waals surface area (Å²) in [4.78, 5) is 27.4. The van der Waals surface area contributed by atoms with Crippen molar-refractivity contribution >= 4 is 79.0 Å². The van der Waals surface area contributed by atoms with Gasteiger partial charge in [0.05, 0.1) is 18.0 Å². The van der Waals surface area contributed by atoms with Crippen LogP contribution in [-0.4, -0.2) is 20.6 Å². The van der Waals surface area contributed by atoms with Crippen LogP contribution in [0.25, 0.3) is 17.0 Å². The van der Waals surface area contributed by atoms with Crippen molar-refractivity contribution in [2.45, 2.75) is 13.1 Å². The van der Waals surface area contributed by atoms with Gasteiger partial charge in [-0.3, -0.25) is 14.5 Å². The molecule has 0 aliphatic carbocycles. The van der Waals surface area contributed by atoms with Crippen molar-refractivity contribution in [3.63, 3.8) is 0 Å². The van der Waals surface area contributed by atoms with Gasteiger partial charge in [-0.25, -0.2) is 0 Å². The van der Waals surface area contributed by atoms with Crippen molar-refractivity contribution in [1.82, 2.24) is 9.47 Å². The number of amides is 2. The van der Waals surface area contributed by atoms with Gasteiger partial charge in [0, 0.05) is 42.7 Å². The predicted molar refractivity (Wildman–Crippen MR) is 143 cm³/mol. The molecule has 0 bridgehead atoms. The molecule has 0 N–H and O–H groups in total. The smallest absolute Gasteiger partial charge is 0.293 e. The summed E-state index contributed by atoms with van der Waals surface area (Å²) in [7, 11) is 0. The SMILES string of the molecule is O=C1S/C(=C\c2cn(Cc3c(Cl)cccc3Cl)c3ccccc23)C(=O)N1Cc1ccc(Br)cc1. The second-order valence-electron chi connectivity index (χ2n) is 7.82. The van der Waals surface area contributed by atoms with Gasteiger partial charge in [0.2, 0.25) is 0 Å². The molecular weight excluding hydrogens is 555 g/mol. The minimum atomic E-state index is -0.288. The Morgan fingerprint density at radius 1 is 0.882 bits per heavy atom. The van der Waals surface area contributed by atoms with E-state index in [1.165, 1.54) is 4.90 Å². The topological polar surface area (TPSA) is 42.3 Å². The maximum atomic E-state index is 13.1. The fourth-order valence-electron chi connectivity index (χ4n) is 3.92. The van der Waals surface area contributed by atoms with Gasteiger partial charge in [-0.2, -0.15) is 0 Å². The maximum Gasteiger partial charge on any atom is 0.293 e. The van der Waals surface area contributed by atoms with Gasteiger partial charge < -0.3 is 4.57 Å². The van der Waals surface area contributed by atoms with E-state index in [0.29, 0.717) is 21.5 Å². The highest BCUT2D eigenvalue weighted by Crippen LogP contribution is 2.36. The van der Waals surface area contributed by atoms with Crippen molar-refractivity contribution in [3.05, 3.63) is 109 Å². The van der Waals surface area contributed by atoms with E-state index in [1.54, 1.807) is 6.08 Å². The van der Waals surface area contributed by atoms with E-state index < -0.39 is 0 Å². The highest BCUT2D eigenvalue weighted by molar-refractivity contribution is 9.10. The van der Waals surface area contributed by atoms with Crippen LogP contribution in [-0.2, 0) is 17.9 Å². The quantitative estimate of drug-likeness (QED) is 0.228. The number of fused-ring (bicyclic) bond motifs is 1. The van der Waals surface area contributed by atoms with Gasteiger partial charge in [-0.1, -0.05) is 75.5 Å². The Hall–Kier alpha value is -2.51. The Morgan fingerprint density at radius 2 is 1.59 bits per heavy atom. The van der Waals surface area contributed by atoms with Crippen LogP contribution in [0.15, 0.2) is 82.3 Å². The normalized spacial score (nSPS) is 15.1. The molecule has 1 fully saturated rings. The summed E-state index contributed by atoms with van der Waals surface area (Å²) < 4.78 is 3.00. The van der Waals surface area contributed by atoms with Gasteiger partial charge in [-0.15, -0.1) is 0 Å². The van der Waals surface area contributed by atoms with Gasteiger partial charge in [-0.05, 0) is 53.7 Å². The van der Waals surface area contributed by atoms with Gasteiger partial charge in [0.25, 0.3) is 11.1 Å². The second-order valence-corrected chi connectivity index (χ2v) is 10.5. The molecule has 5 rings (SSSR count).